The van der Waals surface area contributed by atoms with E-state index in [0.717, 1.165) is 12.0 Å². The zero-order valence-corrected chi connectivity index (χ0v) is 10.4. The summed E-state index contributed by atoms with van der Waals surface area (Å²) in [6.07, 6.45) is 0.559. The van der Waals surface area contributed by atoms with Gasteiger partial charge >= 0.3 is 0 Å². The Morgan fingerprint density at radius 2 is 1.35 bits per heavy atom. The Balaban J connectivity index is 2.11. The van der Waals surface area contributed by atoms with Crippen molar-refractivity contribution < 1.29 is 5.11 Å². The predicted molar refractivity (Wildman–Crippen MR) is 71.1 cm³/mol. The maximum Gasteiger partial charge on any atom is 0.0761 e. The second-order valence-electron chi connectivity index (χ2n) is 4.58. The Hall–Kier alpha value is -1.60. The van der Waals surface area contributed by atoms with Crippen LogP contribution in [0, 0.1) is 6.92 Å². The van der Waals surface area contributed by atoms with Gasteiger partial charge in [0.25, 0.3) is 0 Å². The summed E-state index contributed by atoms with van der Waals surface area (Å²) >= 11 is 0. The van der Waals surface area contributed by atoms with E-state index in [1.165, 1.54) is 16.7 Å². The summed E-state index contributed by atoms with van der Waals surface area (Å²) in [4.78, 5) is 0. The molecule has 0 heterocycles. The maximum atomic E-state index is 9.43. The number of aryl methyl sites for hydroxylation is 1. The summed E-state index contributed by atoms with van der Waals surface area (Å²) in [7, 11) is 0. The highest BCUT2D eigenvalue weighted by Gasteiger charge is 2.01. The fourth-order valence-corrected chi connectivity index (χ4v) is 1.86. The third-order valence-corrected chi connectivity index (χ3v) is 2.99. The molecule has 1 heteroatoms. The van der Waals surface area contributed by atoms with Gasteiger partial charge in [0.1, 0.15) is 0 Å². The summed E-state index contributed by atoms with van der Waals surface area (Å²) in [6, 6.07) is 16.8. The Labute approximate surface area is 103 Å². The molecule has 17 heavy (non-hydrogen) atoms. The first-order chi connectivity index (χ1) is 8.15. The van der Waals surface area contributed by atoms with Crippen LogP contribution in [0.25, 0.3) is 0 Å². The quantitative estimate of drug-likeness (QED) is 0.847. The second kappa shape index (κ2) is 5.15. The van der Waals surface area contributed by atoms with Gasteiger partial charge in [0.15, 0.2) is 0 Å². The van der Waals surface area contributed by atoms with Crippen molar-refractivity contribution in [2.75, 3.05) is 0 Å². The van der Waals surface area contributed by atoms with Gasteiger partial charge in [-0.25, -0.2) is 0 Å². The normalized spacial score (nSPS) is 12.4. The molecule has 0 amide bonds. The van der Waals surface area contributed by atoms with E-state index in [4.69, 9.17) is 0 Å². The van der Waals surface area contributed by atoms with Crippen LogP contribution < -0.4 is 0 Å². The van der Waals surface area contributed by atoms with Crippen LogP contribution in [-0.4, -0.2) is 5.11 Å². The molecule has 0 aliphatic carbocycles. The first-order valence-corrected chi connectivity index (χ1v) is 5.97. The van der Waals surface area contributed by atoms with Crippen LogP contribution in [0.1, 0.15) is 35.3 Å². The molecule has 2 aromatic carbocycles. The van der Waals surface area contributed by atoms with E-state index in [1.54, 1.807) is 6.92 Å². The zero-order chi connectivity index (χ0) is 12.3. The van der Waals surface area contributed by atoms with Crippen molar-refractivity contribution in [3.8, 4) is 0 Å². The summed E-state index contributed by atoms with van der Waals surface area (Å²) < 4.78 is 0. The number of hydrogen-bond acceptors (Lipinski definition) is 1. The average molecular weight is 226 g/mol. The largest absolute Gasteiger partial charge is 0.389 e. The molecule has 88 valence electrons. The van der Waals surface area contributed by atoms with Crippen LogP contribution in [0.3, 0.4) is 0 Å². The molecule has 0 saturated carbocycles. The molecule has 0 fully saturated rings. The van der Waals surface area contributed by atoms with E-state index in [1.807, 2.05) is 12.1 Å². The summed E-state index contributed by atoms with van der Waals surface area (Å²) in [6.45, 7) is 3.89. The number of aliphatic hydroxyl groups is 1. The molecule has 1 N–H and O–H groups in total. The molecular formula is C16H18O. The number of benzene rings is 2. The van der Waals surface area contributed by atoms with Gasteiger partial charge in [-0.3, -0.25) is 0 Å². The van der Waals surface area contributed by atoms with Crippen LogP contribution in [0.15, 0.2) is 48.5 Å². The van der Waals surface area contributed by atoms with Gasteiger partial charge in [0.05, 0.1) is 6.10 Å². The number of rotatable bonds is 3. The highest BCUT2D eigenvalue weighted by Crippen LogP contribution is 2.15. The third kappa shape index (κ3) is 3.18. The van der Waals surface area contributed by atoms with Gasteiger partial charge < -0.3 is 5.11 Å². The van der Waals surface area contributed by atoms with E-state index in [2.05, 4.69) is 43.3 Å². The molecule has 2 aromatic rings. The molecule has 0 aliphatic heterocycles. The minimum atomic E-state index is -0.386. The standard InChI is InChI=1S/C16H18O/c1-12-3-5-14(6-4-12)11-15-7-9-16(10-8-15)13(2)17/h3-10,13,17H,11H2,1-2H3. The molecule has 1 atom stereocenters. The van der Waals surface area contributed by atoms with Crippen molar-refractivity contribution in [3.05, 3.63) is 70.8 Å². The summed E-state index contributed by atoms with van der Waals surface area (Å²) in [5.41, 5.74) is 4.86. The van der Waals surface area contributed by atoms with Gasteiger partial charge in [-0.2, -0.15) is 0 Å². The van der Waals surface area contributed by atoms with E-state index >= 15 is 0 Å². The van der Waals surface area contributed by atoms with Crippen molar-refractivity contribution in [1.82, 2.24) is 0 Å². The first kappa shape index (κ1) is 11.9. The summed E-state index contributed by atoms with van der Waals surface area (Å²) in [5, 5.41) is 9.43. The van der Waals surface area contributed by atoms with Crippen LogP contribution in [0.4, 0.5) is 0 Å². The third-order valence-electron chi connectivity index (χ3n) is 2.99. The Morgan fingerprint density at radius 3 is 1.82 bits per heavy atom. The van der Waals surface area contributed by atoms with Crippen molar-refractivity contribution in [3.63, 3.8) is 0 Å². The SMILES string of the molecule is Cc1ccc(Cc2ccc(C(C)O)cc2)cc1. The topological polar surface area (TPSA) is 20.2 Å². The van der Waals surface area contributed by atoms with E-state index in [0.29, 0.717) is 0 Å². The van der Waals surface area contributed by atoms with Gasteiger partial charge in [0, 0.05) is 0 Å². The minimum Gasteiger partial charge on any atom is -0.389 e. The van der Waals surface area contributed by atoms with E-state index in [9.17, 15) is 5.11 Å². The van der Waals surface area contributed by atoms with Crippen LogP contribution in [-0.2, 0) is 6.42 Å². The Bertz CT molecular complexity index is 466. The first-order valence-electron chi connectivity index (χ1n) is 5.97. The fourth-order valence-electron chi connectivity index (χ4n) is 1.86. The molecular weight excluding hydrogens is 208 g/mol. The molecule has 0 aromatic heterocycles. The van der Waals surface area contributed by atoms with Crippen LogP contribution >= 0.6 is 0 Å². The highest BCUT2D eigenvalue weighted by atomic mass is 16.3. The lowest BCUT2D eigenvalue weighted by Crippen LogP contribution is -1.92. The zero-order valence-electron chi connectivity index (χ0n) is 10.4. The van der Waals surface area contributed by atoms with Crippen molar-refractivity contribution in [2.45, 2.75) is 26.4 Å². The minimum absolute atomic E-state index is 0.386. The molecule has 0 bridgehead atoms. The van der Waals surface area contributed by atoms with Gasteiger partial charge in [-0.1, -0.05) is 54.1 Å². The van der Waals surface area contributed by atoms with Gasteiger partial charge in [-0.05, 0) is 37.0 Å². The second-order valence-corrected chi connectivity index (χ2v) is 4.58. The monoisotopic (exact) mass is 226 g/mol. The predicted octanol–water partition coefficient (Wildman–Crippen LogP) is 3.64. The number of hydrogen-bond donors (Lipinski definition) is 1. The lowest BCUT2D eigenvalue weighted by Gasteiger charge is -2.06. The lowest BCUT2D eigenvalue weighted by atomic mass is 10.0. The van der Waals surface area contributed by atoms with Crippen LogP contribution in [0.2, 0.25) is 0 Å². The molecule has 0 radical (unpaired) electrons. The Morgan fingerprint density at radius 1 is 0.882 bits per heavy atom. The average Bonchev–Trinajstić information content (AvgIpc) is 2.33. The fraction of sp³-hybridized carbons (Fsp3) is 0.250. The van der Waals surface area contributed by atoms with Crippen molar-refractivity contribution >= 4 is 0 Å². The molecule has 1 nitrogen and oxygen atoms in total. The maximum absolute atomic E-state index is 9.43. The van der Waals surface area contributed by atoms with Crippen molar-refractivity contribution in [1.29, 1.82) is 0 Å². The van der Waals surface area contributed by atoms with E-state index < -0.39 is 0 Å². The summed E-state index contributed by atoms with van der Waals surface area (Å²) in [5.74, 6) is 0. The molecule has 0 aliphatic rings. The number of aliphatic hydroxyl groups excluding tert-OH is 1. The smallest absolute Gasteiger partial charge is 0.0761 e. The van der Waals surface area contributed by atoms with E-state index in [-0.39, 0.29) is 6.10 Å². The molecule has 0 spiro atoms. The Kier molecular flexibility index (Phi) is 3.60. The highest BCUT2D eigenvalue weighted by molar-refractivity contribution is 5.30. The van der Waals surface area contributed by atoms with Crippen LogP contribution in [0.5, 0.6) is 0 Å². The van der Waals surface area contributed by atoms with Gasteiger partial charge in [0.2, 0.25) is 0 Å². The molecule has 1 unspecified atom stereocenters. The van der Waals surface area contributed by atoms with Crippen molar-refractivity contribution in [2.24, 2.45) is 0 Å². The van der Waals surface area contributed by atoms with Gasteiger partial charge in [-0.15, -0.1) is 0 Å². The lowest BCUT2D eigenvalue weighted by molar-refractivity contribution is 0.199. The molecule has 2 rings (SSSR count). The molecule has 0 saturated heterocycles.